The third kappa shape index (κ3) is 3.20. The van der Waals surface area contributed by atoms with Crippen LogP contribution < -0.4 is 4.74 Å². The molecule has 1 aromatic carbocycles. The Hall–Kier alpha value is -3.34. The van der Waals surface area contributed by atoms with E-state index in [4.69, 9.17) is 9.47 Å². The lowest BCUT2D eigenvalue weighted by Crippen LogP contribution is -2.30. The van der Waals surface area contributed by atoms with Gasteiger partial charge in [-0.1, -0.05) is 12.1 Å². The molecular weight excluding hydrogens is 388 g/mol. The molecule has 5 rings (SSSR count). The Labute approximate surface area is 171 Å². The number of imidazole rings is 1. The van der Waals surface area contributed by atoms with E-state index in [0.29, 0.717) is 23.7 Å². The summed E-state index contributed by atoms with van der Waals surface area (Å²) < 4.78 is 14.9. The molecule has 0 amide bonds. The zero-order valence-corrected chi connectivity index (χ0v) is 16.1. The van der Waals surface area contributed by atoms with Crippen LogP contribution in [0.5, 0.6) is 5.88 Å². The van der Waals surface area contributed by atoms with E-state index >= 15 is 0 Å². The number of rotatable bonds is 5. The van der Waals surface area contributed by atoms with Crippen molar-refractivity contribution < 1.29 is 19.7 Å². The number of ether oxygens (including phenoxy) is 2. The van der Waals surface area contributed by atoms with Crippen LogP contribution in [-0.4, -0.2) is 57.8 Å². The fraction of sp³-hybridized carbons (Fsp3) is 0.300. The summed E-state index contributed by atoms with van der Waals surface area (Å²) >= 11 is 0. The SMILES string of the molecule is C[C@H]1O[C@@H](n2cnc3c(OCc4ccc(-n5cccn5)cc4)ncnc32)[C@H](O)[C@@H]1O. The van der Waals surface area contributed by atoms with Crippen molar-refractivity contribution in [2.24, 2.45) is 0 Å². The van der Waals surface area contributed by atoms with Gasteiger partial charge in [0.05, 0.1) is 18.1 Å². The van der Waals surface area contributed by atoms with E-state index in [1.807, 2.05) is 36.5 Å². The Kier molecular flexibility index (Phi) is 4.66. The smallest absolute Gasteiger partial charge is 0.245 e. The molecule has 0 aliphatic carbocycles. The molecule has 0 unspecified atom stereocenters. The topological polar surface area (TPSA) is 120 Å². The van der Waals surface area contributed by atoms with Crippen LogP contribution in [0.1, 0.15) is 18.7 Å². The maximum absolute atomic E-state index is 10.3. The molecule has 4 atom stereocenters. The number of nitrogens with zero attached hydrogens (tertiary/aromatic N) is 6. The normalized spacial score (nSPS) is 23.8. The van der Waals surface area contributed by atoms with Gasteiger partial charge in [-0.2, -0.15) is 10.1 Å². The maximum atomic E-state index is 10.3. The molecule has 0 radical (unpaired) electrons. The van der Waals surface area contributed by atoms with Crippen molar-refractivity contribution in [2.45, 2.75) is 38.1 Å². The highest BCUT2D eigenvalue weighted by Gasteiger charge is 2.42. The zero-order chi connectivity index (χ0) is 20.7. The fourth-order valence-electron chi connectivity index (χ4n) is 3.50. The zero-order valence-electron chi connectivity index (χ0n) is 16.1. The van der Waals surface area contributed by atoms with Crippen molar-refractivity contribution >= 4 is 11.2 Å². The molecule has 4 heterocycles. The van der Waals surface area contributed by atoms with Gasteiger partial charge in [-0.3, -0.25) is 4.57 Å². The van der Waals surface area contributed by atoms with Gasteiger partial charge in [0, 0.05) is 12.4 Å². The van der Waals surface area contributed by atoms with Crippen molar-refractivity contribution in [2.75, 3.05) is 0 Å². The Bertz CT molecular complexity index is 1140. The monoisotopic (exact) mass is 408 g/mol. The van der Waals surface area contributed by atoms with Gasteiger partial charge in [-0.15, -0.1) is 0 Å². The fourth-order valence-corrected chi connectivity index (χ4v) is 3.50. The highest BCUT2D eigenvalue weighted by molar-refractivity contribution is 5.76. The van der Waals surface area contributed by atoms with Gasteiger partial charge in [-0.05, 0) is 30.7 Å². The average molecular weight is 408 g/mol. The molecule has 3 aromatic heterocycles. The van der Waals surface area contributed by atoms with Crippen molar-refractivity contribution in [3.05, 3.63) is 60.9 Å². The third-order valence-corrected chi connectivity index (χ3v) is 5.16. The van der Waals surface area contributed by atoms with Gasteiger partial charge in [0.2, 0.25) is 5.88 Å². The second-order valence-electron chi connectivity index (χ2n) is 7.12. The Balaban J connectivity index is 1.35. The van der Waals surface area contributed by atoms with Crippen LogP contribution >= 0.6 is 0 Å². The lowest BCUT2D eigenvalue weighted by Gasteiger charge is -2.16. The summed E-state index contributed by atoms with van der Waals surface area (Å²) in [5.41, 5.74) is 2.83. The molecule has 0 saturated carbocycles. The molecule has 1 fully saturated rings. The molecule has 4 aromatic rings. The Morgan fingerprint density at radius 3 is 2.63 bits per heavy atom. The van der Waals surface area contributed by atoms with Gasteiger partial charge >= 0.3 is 0 Å². The Morgan fingerprint density at radius 1 is 1.10 bits per heavy atom. The molecule has 154 valence electrons. The van der Waals surface area contributed by atoms with Crippen LogP contribution in [0.2, 0.25) is 0 Å². The number of fused-ring (bicyclic) bond motifs is 1. The van der Waals surface area contributed by atoms with Crippen LogP contribution in [0, 0.1) is 0 Å². The summed E-state index contributed by atoms with van der Waals surface area (Å²) in [5, 5.41) is 24.5. The van der Waals surface area contributed by atoms with Crippen LogP contribution in [0.25, 0.3) is 16.9 Å². The first-order valence-corrected chi connectivity index (χ1v) is 9.52. The molecule has 0 spiro atoms. The molecule has 30 heavy (non-hydrogen) atoms. The lowest BCUT2D eigenvalue weighted by molar-refractivity contribution is -0.0299. The van der Waals surface area contributed by atoms with Gasteiger partial charge in [0.1, 0.15) is 25.1 Å². The van der Waals surface area contributed by atoms with Crippen LogP contribution in [0.3, 0.4) is 0 Å². The van der Waals surface area contributed by atoms with Crippen molar-refractivity contribution in [1.29, 1.82) is 0 Å². The molecule has 1 aliphatic heterocycles. The standard InChI is InChI=1S/C20H20N6O4/c1-12-16(27)17(28)20(30-12)25-11-23-15-18(25)21-10-22-19(15)29-9-13-3-5-14(6-4-13)26-8-2-7-24-26/h2-8,10-12,16-17,20,27-28H,9H2,1H3/t12-,16-,17-,20-/m1/s1. The Morgan fingerprint density at radius 2 is 1.93 bits per heavy atom. The second-order valence-corrected chi connectivity index (χ2v) is 7.12. The molecule has 2 N–H and O–H groups in total. The number of benzene rings is 1. The van der Waals surface area contributed by atoms with E-state index in [9.17, 15) is 10.2 Å². The molecule has 10 heteroatoms. The molecule has 1 aliphatic rings. The number of hydrogen-bond donors (Lipinski definition) is 2. The lowest BCUT2D eigenvalue weighted by atomic mass is 10.1. The maximum Gasteiger partial charge on any atom is 0.245 e. The predicted molar refractivity (Wildman–Crippen MR) is 105 cm³/mol. The molecule has 0 bridgehead atoms. The van der Waals surface area contributed by atoms with E-state index in [0.717, 1.165) is 11.3 Å². The van der Waals surface area contributed by atoms with E-state index < -0.39 is 24.5 Å². The first-order chi connectivity index (χ1) is 14.6. The minimum atomic E-state index is -1.08. The summed E-state index contributed by atoms with van der Waals surface area (Å²) in [6.07, 6.45) is 3.15. The molecule has 10 nitrogen and oxygen atoms in total. The van der Waals surface area contributed by atoms with Gasteiger partial charge in [0.15, 0.2) is 17.4 Å². The third-order valence-electron chi connectivity index (χ3n) is 5.16. The summed E-state index contributed by atoms with van der Waals surface area (Å²) in [6.45, 7) is 2.00. The van der Waals surface area contributed by atoms with Crippen molar-refractivity contribution in [1.82, 2.24) is 29.3 Å². The van der Waals surface area contributed by atoms with E-state index in [1.165, 1.54) is 12.7 Å². The number of hydrogen-bond acceptors (Lipinski definition) is 8. The number of aromatic nitrogens is 6. The summed E-state index contributed by atoms with van der Waals surface area (Å²) in [6, 6.07) is 9.70. The van der Waals surface area contributed by atoms with Crippen molar-refractivity contribution in [3.63, 3.8) is 0 Å². The number of aliphatic hydroxyl groups excluding tert-OH is 2. The van der Waals surface area contributed by atoms with Crippen LogP contribution in [-0.2, 0) is 11.3 Å². The first kappa shape index (κ1) is 18.7. The summed E-state index contributed by atoms with van der Waals surface area (Å²) in [7, 11) is 0. The van der Waals surface area contributed by atoms with Crippen LogP contribution in [0.15, 0.2) is 55.4 Å². The average Bonchev–Trinajstić information content (AvgIpc) is 3.50. The number of aliphatic hydroxyl groups is 2. The highest BCUT2D eigenvalue weighted by atomic mass is 16.6. The quantitative estimate of drug-likeness (QED) is 0.506. The van der Waals surface area contributed by atoms with Gasteiger partial charge < -0.3 is 19.7 Å². The molecule has 1 saturated heterocycles. The van der Waals surface area contributed by atoms with E-state index in [2.05, 4.69) is 20.1 Å². The van der Waals surface area contributed by atoms with Gasteiger partial charge in [0.25, 0.3) is 0 Å². The molecular formula is C20H20N6O4. The van der Waals surface area contributed by atoms with Crippen LogP contribution in [0.4, 0.5) is 0 Å². The minimum absolute atomic E-state index is 0.302. The van der Waals surface area contributed by atoms with E-state index in [-0.39, 0.29) is 0 Å². The largest absolute Gasteiger partial charge is 0.471 e. The second kappa shape index (κ2) is 7.48. The van der Waals surface area contributed by atoms with E-state index in [1.54, 1.807) is 22.4 Å². The van der Waals surface area contributed by atoms with Crippen molar-refractivity contribution in [3.8, 4) is 11.6 Å². The predicted octanol–water partition coefficient (Wildman–Crippen LogP) is 1.23. The summed E-state index contributed by atoms with van der Waals surface area (Å²) in [5.74, 6) is 0.330. The first-order valence-electron chi connectivity index (χ1n) is 9.52. The highest BCUT2D eigenvalue weighted by Crippen LogP contribution is 2.32. The summed E-state index contributed by atoms with van der Waals surface area (Å²) in [4.78, 5) is 12.8. The minimum Gasteiger partial charge on any atom is -0.471 e. The van der Waals surface area contributed by atoms with Gasteiger partial charge in [-0.25, -0.2) is 14.6 Å².